The highest BCUT2D eigenvalue weighted by atomic mass is 35.5. The Labute approximate surface area is 114 Å². The van der Waals surface area contributed by atoms with Crippen LogP contribution in [-0.2, 0) is 0 Å². The van der Waals surface area contributed by atoms with Crippen LogP contribution >= 0.6 is 11.6 Å². The fourth-order valence-electron chi connectivity index (χ4n) is 2.35. The van der Waals surface area contributed by atoms with Gasteiger partial charge in [0.15, 0.2) is 0 Å². The lowest BCUT2D eigenvalue weighted by Crippen LogP contribution is -2.22. The highest BCUT2D eigenvalue weighted by Gasteiger charge is 2.10. The average molecular weight is 269 g/mol. The Morgan fingerprint density at radius 3 is 2.83 bits per heavy atom. The Bertz CT molecular complexity index is 378. The van der Waals surface area contributed by atoms with Gasteiger partial charge in [-0.3, -0.25) is 0 Å². The van der Waals surface area contributed by atoms with E-state index in [1.54, 1.807) is 7.11 Å². The first-order valence-electron chi connectivity index (χ1n) is 6.59. The van der Waals surface area contributed by atoms with Gasteiger partial charge in [-0.25, -0.2) is 0 Å². The highest BCUT2D eigenvalue weighted by molar-refractivity contribution is 6.30. The van der Waals surface area contributed by atoms with Crippen molar-refractivity contribution in [3.8, 4) is 5.75 Å². The lowest BCUT2D eigenvalue weighted by atomic mass is 10.3. The molecule has 1 saturated heterocycles. The summed E-state index contributed by atoms with van der Waals surface area (Å²) < 4.78 is 5.30. The number of nitrogens with zero attached hydrogens (tertiary/aromatic N) is 1. The minimum Gasteiger partial charge on any atom is -0.495 e. The minimum absolute atomic E-state index is 0.734. The van der Waals surface area contributed by atoms with Gasteiger partial charge in [-0.1, -0.05) is 11.6 Å². The van der Waals surface area contributed by atoms with Gasteiger partial charge in [-0.15, -0.1) is 0 Å². The fourth-order valence-corrected chi connectivity index (χ4v) is 2.52. The second-order valence-corrected chi connectivity index (χ2v) is 5.11. The van der Waals surface area contributed by atoms with E-state index >= 15 is 0 Å². The Kier molecular flexibility index (Phi) is 5.14. The number of methoxy groups -OCH3 is 1. The molecule has 0 amide bonds. The van der Waals surface area contributed by atoms with Crippen LogP contribution in [0.2, 0.25) is 5.02 Å². The summed E-state index contributed by atoms with van der Waals surface area (Å²) in [6, 6.07) is 5.65. The number of hydrogen-bond donors (Lipinski definition) is 1. The molecule has 0 atom stereocenters. The van der Waals surface area contributed by atoms with E-state index in [4.69, 9.17) is 16.3 Å². The van der Waals surface area contributed by atoms with Gasteiger partial charge in [0.2, 0.25) is 0 Å². The second-order valence-electron chi connectivity index (χ2n) is 4.67. The Morgan fingerprint density at radius 1 is 1.33 bits per heavy atom. The van der Waals surface area contributed by atoms with Crippen LogP contribution < -0.4 is 10.1 Å². The van der Waals surface area contributed by atoms with Crippen molar-refractivity contribution in [3.05, 3.63) is 23.2 Å². The number of anilines is 1. The molecule has 1 fully saturated rings. The largest absolute Gasteiger partial charge is 0.495 e. The van der Waals surface area contributed by atoms with Crippen molar-refractivity contribution >= 4 is 17.3 Å². The summed E-state index contributed by atoms with van der Waals surface area (Å²) >= 11 is 5.99. The molecule has 0 saturated carbocycles. The number of likely N-dealkylation sites (tertiary alicyclic amines) is 1. The third-order valence-electron chi connectivity index (χ3n) is 3.33. The number of benzene rings is 1. The summed E-state index contributed by atoms with van der Waals surface area (Å²) in [5, 5.41) is 4.13. The molecule has 1 N–H and O–H groups in total. The zero-order valence-electron chi connectivity index (χ0n) is 10.9. The van der Waals surface area contributed by atoms with E-state index in [0.29, 0.717) is 0 Å². The minimum atomic E-state index is 0.734. The van der Waals surface area contributed by atoms with Gasteiger partial charge in [-0.2, -0.15) is 0 Å². The predicted molar refractivity (Wildman–Crippen MR) is 76.8 cm³/mol. The summed E-state index contributed by atoms with van der Waals surface area (Å²) in [4.78, 5) is 2.52. The molecule has 2 rings (SSSR count). The summed E-state index contributed by atoms with van der Waals surface area (Å²) in [6.45, 7) is 4.66. The predicted octanol–water partition coefficient (Wildman–Crippen LogP) is 3.25. The van der Waals surface area contributed by atoms with Crippen LogP contribution in [0.3, 0.4) is 0 Å². The molecule has 3 nitrogen and oxygen atoms in total. The van der Waals surface area contributed by atoms with Crippen LogP contribution in [0.5, 0.6) is 5.75 Å². The smallest absolute Gasteiger partial charge is 0.142 e. The summed E-state index contributed by atoms with van der Waals surface area (Å²) in [6.07, 6.45) is 3.86. The van der Waals surface area contributed by atoms with E-state index in [-0.39, 0.29) is 0 Å². The summed E-state index contributed by atoms with van der Waals surface area (Å²) in [7, 11) is 1.68. The SMILES string of the molecule is COc1ccc(Cl)cc1NCCCN1CCCC1. The van der Waals surface area contributed by atoms with Crippen molar-refractivity contribution in [2.45, 2.75) is 19.3 Å². The summed E-state index contributed by atoms with van der Waals surface area (Å²) in [5.74, 6) is 0.848. The van der Waals surface area contributed by atoms with Crippen LogP contribution in [0.4, 0.5) is 5.69 Å². The van der Waals surface area contributed by atoms with Crippen LogP contribution in [-0.4, -0.2) is 38.2 Å². The molecular weight excluding hydrogens is 248 g/mol. The van der Waals surface area contributed by atoms with Gasteiger partial charge in [0.25, 0.3) is 0 Å². The molecule has 0 aliphatic carbocycles. The third-order valence-corrected chi connectivity index (χ3v) is 3.56. The molecule has 18 heavy (non-hydrogen) atoms. The van der Waals surface area contributed by atoms with E-state index in [0.717, 1.165) is 29.4 Å². The molecule has 1 aliphatic heterocycles. The van der Waals surface area contributed by atoms with Crippen LogP contribution in [0.15, 0.2) is 18.2 Å². The second kappa shape index (κ2) is 6.86. The topological polar surface area (TPSA) is 24.5 Å². The molecule has 1 aromatic carbocycles. The van der Waals surface area contributed by atoms with Gasteiger partial charge < -0.3 is 15.0 Å². The number of hydrogen-bond acceptors (Lipinski definition) is 3. The van der Waals surface area contributed by atoms with Crippen molar-refractivity contribution in [3.63, 3.8) is 0 Å². The number of ether oxygens (including phenoxy) is 1. The van der Waals surface area contributed by atoms with E-state index in [2.05, 4.69) is 10.2 Å². The molecule has 4 heteroatoms. The molecule has 1 aromatic rings. The monoisotopic (exact) mass is 268 g/mol. The zero-order chi connectivity index (χ0) is 12.8. The molecular formula is C14H21ClN2O. The van der Waals surface area contributed by atoms with Gasteiger partial charge >= 0.3 is 0 Å². The zero-order valence-corrected chi connectivity index (χ0v) is 11.7. The molecule has 0 bridgehead atoms. The molecule has 1 aliphatic rings. The molecule has 1 heterocycles. The fraction of sp³-hybridized carbons (Fsp3) is 0.571. The van der Waals surface area contributed by atoms with Crippen molar-refractivity contribution in [1.29, 1.82) is 0 Å². The normalized spacial score (nSPS) is 15.9. The molecule has 0 radical (unpaired) electrons. The molecule has 0 spiro atoms. The van der Waals surface area contributed by atoms with E-state index in [1.165, 1.54) is 32.5 Å². The van der Waals surface area contributed by atoms with Crippen molar-refractivity contribution in [2.75, 3.05) is 38.6 Å². The standard InChI is InChI=1S/C14H21ClN2O/c1-18-14-6-5-12(15)11-13(14)16-7-4-10-17-8-2-3-9-17/h5-6,11,16H,2-4,7-10H2,1H3. The van der Waals surface area contributed by atoms with Gasteiger partial charge in [0.05, 0.1) is 12.8 Å². The molecule has 100 valence electrons. The maximum atomic E-state index is 5.99. The van der Waals surface area contributed by atoms with Crippen LogP contribution in [0.1, 0.15) is 19.3 Å². The quantitative estimate of drug-likeness (QED) is 0.802. The van der Waals surface area contributed by atoms with Crippen molar-refractivity contribution in [1.82, 2.24) is 4.90 Å². The first kappa shape index (κ1) is 13.5. The van der Waals surface area contributed by atoms with E-state index in [1.807, 2.05) is 18.2 Å². The van der Waals surface area contributed by atoms with Crippen LogP contribution in [0.25, 0.3) is 0 Å². The van der Waals surface area contributed by atoms with Gasteiger partial charge in [0, 0.05) is 11.6 Å². The van der Waals surface area contributed by atoms with Gasteiger partial charge in [-0.05, 0) is 57.1 Å². The van der Waals surface area contributed by atoms with Gasteiger partial charge in [0.1, 0.15) is 5.75 Å². The maximum Gasteiger partial charge on any atom is 0.142 e. The molecule has 0 unspecified atom stereocenters. The first-order valence-corrected chi connectivity index (χ1v) is 6.97. The Morgan fingerprint density at radius 2 is 2.11 bits per heavy atom. The lowest BCUT2D eigenvalue weighted by Gasteiger charge is -2.15. The van der Waals surface area contributed by atoms with Crippen molar-refractivity contribution < 1.29 is 4.74 Å². The Hall–Kier alpha value is -0.930. The van der Waals surface area contributed by atoms with E-state index < -0.39 is 0 Å². The average Bonchev–Trinajstić information content (AvgIpc) is 2.88. The Balaban J connectivity index is 1.76. The number of rotatable bonds is 6. The number of halogens is 1. The van der Waals surface area contributed by atoms with E-state index in [9.17, 15) is 0 Å². The number of nitrogens with one attached hydrogen (secondary N) is 1. The maximum absolute atomic E-state index is 5.99. The van der Waals surface area contributed by atoms with Crippen LogP contribution in [0, 0.1) is 0 Å². The lowest BCUT2D eigenvalue weighted by molar-refractivity contribution is 0.337. The third kappa shape index (κ3) is 3.79. The molecule has 0 aromatic heterocycles. The first-order chi connectivity index (χ1) is 8.79. The highest BCUT2D eigenvalue weighted by Crippen LogP contribution is 2.27. The summed E-state index contributed by atoms with van der Waals surface area (Å²) in [5.41, 5.74) is 0.978. The van der Waals surface area contributed by atoms with Crippen molar-refractivity contribution in [2.24, 2.45) is 0 Å².